The van der Waals surface area contributed by atoms with Crippen LogP contribution in [0.3, 0.4) is 0 Å². The van der Waals surface area contributed by atoms with Crippen LogP contribution in [0.15, 0.2) is 6.20 Å². The number of nitrogens with zero attached hydrogens (tertiary/aromatic N) is 2. The van der Waals surface area contributed by atoms with E-state index >= 15 is 0 Å². The van der Waals surface area contributed by atoms with Crippen molar-refractivity contribution < 1.29 is 0 Å². The summed E-state index contributed by atoms with van der Waals surface area (Å²) >= 11 is 5.26. The Morgan fingerprint density at radius 1 is 1.47 bits per heavy atom. The number of nitrogens with one attached hydrogen (secondary N) is 1. The molecule has 4 heteroatoms. The minimum atomic E-state index is 0.525. The summed E-state index contributed by atoms with van der Waals surface area (Å²) in [4.78, 5) is 5.32. The highest BCUT2D eigenvalue weighted by Gasteiger charge is 2.07. The number of aromatic amines is 1. The summed E-state index contributed by atoms with van der Waals surface area (Å²) in [5.41, 5.74) is 1.30. The highest BCUT2D eigenvalue weighted by Crippen LogP contribution is 2.14. The third-order valence-corrected chi connectivity index (χ3v) is 2.82. The molecule has 0 atom stereocenters. The predicted molar refractivity (Wildman–Crippen MR) is 66.9 cm³/mol. The third-order valence-electron chi connectivity index (χ3n) is 2.48. The van der Waals surface area contributed by atoms with E-state index < -0.39 is 0 Å². The lowest BCUT2D eigenvalue weighted by Gasteiger charge is -2.13. The van der Waals surface area contributed by atoms with Gasteiger partial charge in [0.05, 0.1) is 0 Å². The van der Waals surface area contributed by atoms with Gasteiger partial charge in [-0.25, -0.2) is 0 Å². The second-order valence-corrected chi connectivity index (χ2v) is 4.87. The van der Waals surface area contributed by atoms with Crippen LogP contribution in [0.5, 0.6) is 0 Å². The number of H-pyrrole nitrogens is 1. The first-order valence-electron chi connectivity index (χ1n) is 5.45. The van der Waals surface area contributed by atoms with Crippen LogP contribution < -0.4 is 0 Å². The van der Waals surface area contributed by atoms with Crippen molar-refractivity contribution in [3.05, 3.63) is 16.7 Å². The fourth-order valence-corrected chi connectivity index (χ4v) is 1.92. The predicted octanol–water partition coefficient (Wildman–Crippen LogP) is 2.62. The van der Waals surface area contributed by atoms with Crippen molar-refractivity contribution in [3.8, 4) is 0 Å². The Labute approximate surface area is 97.1 Å². The maximum absolute atomic E-state index is 5.26. The molecule has 0 aliphatic carbocycles. The largest absolute Gasteiger partial charge is 0.337 e. The first-order chi connectivity index (χ1) is 7.02. The van der Waals surface area contributed by atoms with Crippen molar-refractivity contribution in [2.75, 3.05) is 20.6 Å². The molecule has 0 unspecified atom stereocenters. The van der Waals surface area contributed by atoms with Gasteiger partial charge in [0.2, 0.25) is 0 Å². The van der Waals surface area contributed by atoms with Gasteiger partial charge in [0.1, 0.15) is 0 Å². The van der Waals surface area contributed by atoms with Crippen molar-refractivity contribution in [1.29, 1.82) is 0 Å². The van der Waals surface area contributed by atoms with E-state index in [1.165, 1.54) is 5.69 Å². The van der Waals surface area contributed by atoms with Crippen molar-refractivity contribution >= 4 is 12.2 Å². The van der Waals surface area contributed by atoms with E-state index in [-0.39, 0.29) is 0 Å². The van der Waals surface area contributed by atoms with Crippen LogP contribution in [0.4, 0.5) is 0 Å². The van der Waals surface area contributed by atoms with Gasteiger partial charge >= 0.3 is 0 Å². The quantitative estimate of drug-likeness (QED) is 0.782. The standard InChI is InChI=1S/C11H21N3S/c1-9(2)10-8-12-11(15)14(10)7-5-6-13(3)4/h8-9H,5-7H2,1-4H3,(H,12,15). The average molecular weight is 227 g/mol. The summed E-state index contributed by atoms with van der Waals surface area (Å²) in [6.45, 7) is 6.50. The number of hydrogen-bond donors (Lipinski definition) is 1. The zero-order valence-electron chi connectivity index (χ0n) is 10.1. The Morgan fingerprint density at radius 3 is 2.67 bits per heavy atom. The van der Waals surface area contributed by atoms with E-state index in [1.807, 2.05) is 6.20 Å². The van der Waals surface area contributed by atoms with Crippen LogP contribution in [0.1, 0.15) is 31.9 Å². The van der Waals surface area contributed by atoms with Crippen molar-refractivity contribution in [2.45, 2.75) is 32.7 Å². The molecule has 1 aromatic rings. The van der Waals surface area contributed by atoms with Gasteiger partial charge in [0, 0.05) is 18.4 Å². The van der Waals surface area contributed by atoms with Crippen LogP contribution in [0.25, 0.3) is 0 Å². The Bertz CT molecular complexity index is 349. The van der Waals surface area contributed by atoms with Crippen molar-refractivity contribution in [2.24, 2.45) is 0 Å². The summed E-state index contributed by atoms with van der Waals surface area (Å²) in [6.07, 6.45) is 3.17. The van der Waals surface area contributed by atoms with Gasteiger partial charge in [0.15, 0.2) is 4.77 Å². The molecule has 1 rings (SSSR count). The Morgan fingerprint density at radius 2 is 2.13 bits per heavy atom. The van der Waals surface area contributed by atoms with Gasteiger partial charge in [-0.05, 0) is 45.2 Å². The topological polar surface area (TPSA) is 24.0 Å². The van der Waals surface area contributed by atoms with E-state index in [0.29, 0.717) is 5.92 Å². The molecule has 0 fully saturated rings. The van der Waals surface area contributed by atoms with Crippen molar-refractivity contribution in [1.82, 2.24) is 14.5 Å². The van der Waals surface area contributed by atoms with E-state index in [0.717, 1.165) is 24.3 Å². The molecule has 0 saturated heterocycles. The second kappa shape index (κ2) is 5.47. The van der Waals surface area contributed by atoms with Gasteiger partial charge < -0.3 is 14.5 Å². The van der Waals surface area contributed by atoms with E-state index in [2.05, 4.69) is 42.4 Å². The Balaban J connectivity index is 2.67. The van der Waals surface area contributed by atoms with Crippen LogP contribution in [0, 0.1) is 4.77 Å². The minimum Gasteiger partial charge on any atom is -0.337 e. The van der Waals surface area contributed by atoms with Crippen molar-refractivity contribution in [3.63, 3.8) is 0 Å². The lowest BCUT2D eigenvalue weighted by atomic mass is 10.1. The summed E-state index contributed by atoms with van der Waals surface area (Å²) in [5, 5.41) is 0. The monoisotopic (exact) mass is 227 g/mol. The van der Waals surface area contributed by atoms with E-state index in [4.69, 9.17) is 12.2 Å². The van der Waals surface area contributed by atoms with Crippen LogP contribution >= 0.6 is 12.2 Å². The maximum Gasteiger partial charge on any atom is 0.177 e. The Hall–Kier alpha value is -0.610. The summed E-state index contributed by atoms with van der Waals surface area (Å²) < 4.78 is 3.06. The number of aromatic nitrogens is 2. The molecular formula is C11H21N3S. The fraction of sp³-hybridized carbons (Fsp3) is 0.727. The molecule has 86 valence electrons. The number of imidazole rings is 1. The molecule has 0 spiro atoms. The second-order valence-electron chi connectivity index (χ2n) is 4.48. The number of rotatable bonds is 5. The first kappa shape index (κ1) is 12.5. The molecule has 1 heterocycles. The lowest BCUT2D eigenvalue weighted by Crippen LogP contribution is -2.16. The van der Waals surface area contributed by atoms with Gasteiger partial charge in [-0.2, -0.15) is 0 Å². The molecule has 0 saturated carbocycles. The van der Waals surface area contributed by atoms with Gasteiger partial charge in [-0.1, -0.05) is 13.8 Å². The molecule has 0 amide bonds. The molecule has 1 N–H and O–H groups in total. The molecule has 0 aliphatic heterocycles. The zero-order chi connectivity index (χ0) is 11.4. The zero-order valence-corrected chi connectivity index (χ0v) is 10.9. The number of hydrogen-bond acceptors (Lipinski definition) is 2. The lowest BCUT2D eigenvalue weighted by molar-refractivity contribution is 0.383. The van der Waals surface area contributed by atoms with Crippen LogP contribution in [-0.4, -0.2) is 35.1 Å². The summed E-state index contributed by atoms with van der Waals surface area (Å²) in [5.74, 6) is 0.525. The van der Waals surface area contributed by atoms with E-state index in [1.54, 1.807) is 0 Å². The van der Waals surface area contributed by atoms with Crippen LogP contribution in [-0.2, 0) is 6.54 Å². The smallest absolute Gasteiger partial charge is 0.177 e. The third kappa shape index (κ3) is 3.47. The average Bonchev–Trinajstić information content (AvgIpc) is 2.47. The summed E-state index contributed by atoms with van der Waals surface area (Å²) in [6, 6.07) is 0. The highest BCUT2D eigenvalue weighted by atomic mass is 32.1. The fourth-order valence-electron chi connectivity index (χ4n) is 1.66. The summed E-state index contributed by atoms with van der Waals surface area (Å²) in [7, 11) is 4.19. The normalized spacial score (nSPS) is 11.6. The molecular weight excluding hydrogens is 206 g/mol. The molecule has 0 bridgehead atoms. The molecule has 0 radical (unpaired) electrons. The molecule has 3 nitrogen and oxygen atoms in total. The maximum atomic E-state index is 5.26. The van der Waals surface area contributed by atoms with Gasteiger partial charge in [-0.15, -0.1) is 0 Å². The molecule has 1 aromatic heterocycles. The molecule has 15 heavy (non-hydrogen) atoms. The minimum absolute atomic E-state index is 0.525. The van der Waals surface area contributed by atoms with E-state index in [9.17, 15) is 0 Å². The van der Waals surface area contributed by atoms with Gasteiger partial charge in [-0.3, -0.25) is 0 Å². The molecule has 0 aromatic carbocycles. The first-order valence-corrected chi connectivity index (χ1v) is 5.86. The Kier molecular flexibility index (Phi) is 4.54. The van der Waals surface area contributed by atoms with Crippen LogP contribution in [0.2, 0.25) is 0 Å². The van der Waals surface area contributed by atoms with Gasteiger partial charge in [0.25, 0.3) is 0 Å². The highest BCUT2D eigenvalue weighted by molar-refractivity contribution is 7.71. The molecule has 0 aliphatic rings. The SMILES string of the molecule is CC(C)c1c[nH]c(=S)n1CCCN(C)C.